The number of nitrogen functional groups attached to an aromatic ring is 1. The number of nitrogens with zero attached hydrogens (tertiary/aromatic N) is 2. The van der Waals surface area contributed by atoms with E-state index in [1.165, 1.54) is 17.5 Å². The van der Waals surface area contributed by atoms with E-state index in [1.807, 2.05) is 12.1 Å². The minimum atomic E-state index is -3.66. The number of nitrogens with two attached hydrogens (primary N) is 1. The fraction of sp³-hybridized carbons (Fsp3) is 0.250. The van der Waals surface area contributed by atoms with Gasteiger partial charge in [-0.2, -0.15) is 9.40 Å². The predicted octanol–water partition coefficient (Wildman–Crippen LogP) is 0.821. The Morgan fingerprint density at radius 1 is 1.35 bits per heavy atom. The Balaban J connectivity index is 2.19. The molecule has 1 aromatic heterocycles. The number of methoxy groups -OCH3 is 1. The molecule has 0 radical (unpaired) electrons. The highest BCUT2D eigenvalue weighted by atomic mass is 32.2. The van der Waals surface area contributed by atoms with Crippen molar-refractivity contribution in [2.45, 2.75) is 11.4 Å². The van der Waals surface area contributed by atoms with Gasteiger partial charge in [0.2, 0.25) is 10.0 Å². The monoisotopic (exact) mass is 296 g/mol. The number of H-pyrrole nitrogens is 1. The topological polar surface area (TPSA) is 101 Å². The van der Waals surface area contributed by atoms with E-state index in [-0.39, 0.29) is 17.3 Å². The highest BCUT2D eigenvalue weighted by Gasteiger charge is 2.24. The summed E-state index contributed by atoms with van der Waals surface area (Å²) in [5.41, 5.74) is 6.40. The molecule has 7 nitrogen and oxygen atoms in total. The molecule has 0 aliphatic heterocycles. The number of ether oxygens (including phenoxy) is 1. The molecule has 2 aromatic rings. The summed E-state index contributed by atoms with van der Waals surface area (Å²) < 4.78 is 30.9. The highest BCUT2D eigenvalue weighted by Crippen LogP contribution is 2.21. The first-order valence-corrected chi connectivity index (χ1v) is 7.27. The van der Waals surface area contributed by atoms with Gasteiger partial charge in [0.15, 0.2) is 0 Å². The van der Waals surface area contributed by atoms with Crippen LogP contribution in [0, 0.1) is 0 Å². The van der Waals surface area contributed by atoms with Crippen LogP contribution in [0.5, 0.6) is 5.75 Å². The van der Waals surface area contributed by atoms with E-state index in [0.717, 1.165) is 11.3 Å². The molecule has 0 saturated carbocycles. The lowest BCUT2D eigenvalue weighted by Gasteiger charge is -2.16. The largest absolute Gasteiger partial charge is 0.497 e. The maximum Gasteiger partial charge on any atom is 0.248 e. The first-order valence-electron chi connectivity index (χ1n) is 5.83. The number of aromatic nitrogens is 2. The molecular formula is C12H16N4O3S. The number of hydrogen-bond donors (Lipinski definition) is 2. The molecule has 0 aliphatic rings. The lowest BCUT2D eigenvalue weighted by Crippen LogP contribution is -2.26. The molecule has 0 amide bonds. The molecule has 20 heavy (non-hydrogen) atoms. The average molecular weight is 296 g/mol. The number of aromatic amines is 1. The van der Waals surface area contributed by atoms with E-state index in [0.29, 0.717) is 0 Å². The van der Waals surface area contributed by atoms with Crippen LogP contribution in [0.25, 0.3) is 0 Å². The van der Waals surface area contributed by atoms with Crippen LogP contribution >= 0.6 is 0 Å². The first-order chi connectivity index (χ1) is 9.45. The highest BCUT2D eigenvalue weighted by molar-refractivity contribution is 7.89. The maximum atomic E-state index is 12.3. The second kappa shape index (κ2) is 5.51. The Hall–Kier alpha value is -2.06. The van der Waals surface area contributed by atoms with Gasteiger partial charge < -0.3 is 10.5 Å². The summed E-state index contributed by atoms with van der Waals surface area (Å²) in [4.78, 5) is -0.0199. The minimum absolute atomic E-state index is 0.0199. The maximum absolute atomic E-state index is 12.3. The van der Waals surface area contributed by atoms with Gasteiger partial charge >= 0.3 is 0 Å². The summed E-state index contributed by atoms with van der Waals surface area (Å²) in [6, 6.07) is 7.18. The van der Waals surface area contributed by atoms with Crippen molar-refractivity contribution in [3.8, 4) is 5.75 Å². The summed E-state index contributed by atoms with van der Waals surface area (Å²) >= 11 is 0. The van der Waals surface area contributed by atoms with Gasteiger partial charge in [-0.1, -0.05) is 12.1 Å². The van der Waals surface area contributed by atoms with E-state index in [2.05, 4.69) is 10.2 Å². The van der Waals surface area contributed by atoms with Gasteiger partial charge in [-0.3, -0.25) is 5.10 Å². The lowest BCUT2D eigenvalue weighted by atomic mass is 10.2. The molecule has 8 heteroatoms. The van der Waals surface area contributed by atoms with Crippen LogP contribution in [0.1, 0.15) is 5.56 Å². The summed E-state index contributed by atoms with van der Waals surface area (Å²) in [5.74, 6) is 0.755. The van der Waals surface area contributed by atoms with Crippen LogP contribution in [0.2, 0.25) is 0 Å². The Morgan fingerprint density at radius 3 is 2.50 bits per heavy atom. The van der Waals surface area contributed by atoms with Crippen LogP contribution in [0.3, 0.4) is 0 Å². The molecule has 0 spiro atoms. The normalized spacial score (nSPS) is 11.8. The third-order valence-electron chi connectivity index (χ3n) is 2.88. The summed E-state index contributed by atoms with van der Waals surface area (Å²) in [6.07, 6.45) is 1.20. The molecule has 0 bridgehead atoms. The molecule has 1 aromatic carbocycles. The zero-order chi connectivity index (χ0) is 14.8. The molecule has 2 rings (SSSR count). The predicted molar refractivity (Wildman–Crippen MR) is 74.6 cm³/mol. The smallest absolute Gasteiger partial charge is 0.248 e. The van der Waals surface area contributed by atoms with E-state index in [1.54, 1.807) is 19.2 Å². The fourth-order valence-electron chi connectivity index (χ4n) is 1.73. The first kappa shape index (κ1) is 14.4. The zero-order valence-corrected chi connectivity index (χ0v) is 12.0. The average Bonchev–Trinajstić information content (AvgIpc) is 2.86. The van der Waals surface area contributed by atoms with Gasteiger partial charge in [-0.05, 0) is 17.7 Å². The SMILES string of the molecule is COc1ccc(CN(C)S(=O)(=O)c2cn[nH]c2N)cc1. The third kappa shape index (κ3) is 2.75. The van der Waals surface area contributed by atoms with Gasteiger partial charge in [0.1, 0.15) is 16.5 Å². The quantitative estimate of drug-likeness (QED) is 0.850. The summed E-state index contributed by atoms with van der Waals surface area (Å²) in [5, 5.41) is 6.04. The Labute approximate surface area is 117 Å². The van der Waals surface area contributed by atoms with Gasteiger partial charge in [0.05, 0.1) is 13.3 Å². The third-order valence-corrected chi connectivity index (χ3v) is 4.72. The Bertz CT molecular complexity index is 679. The van der Waals surface area contributed by atoms with Crippen molar-refractivity contribution in [2.75, 3.05) is 19.9 Å². The molecule has 0 unspecified atom stereocenters. The zero-order valence-electron chi connectivity index (χ0n) is 11.2. The standard InChI is InChI=1S/C12H16N4O3S/c1-16(8-9-3-5-10(19-2)6-4-9)20(17,18)11-7-14-15-12(11)13/h3-7H,8H2,1-2H3,(H3,13,14,15). The Kier molecular flexibility index (Phi) is 3.96. The van der Waals surface area contributed by atoms with Crippen LogP contribution in [0.4, 0.5) is 5.82 Å². The van der Waals surface area contributed by atoms with Gasteiger partial charge in [0.25, 0.3) is 0 Å². The fourth-order valence-corrected chi connectivity index (χ4v) is 2.90. The van der Waals surface area contributed by atoms with Crippen molar-refractivity contribution in [3.05, 3.63) is 36.0 Å². The van der Waals surface area contributed by atoms with E-state index in [4.69, 9.17) is 10.5 Å². The van der Waals surface area contributed by atoms with E-state index >= 15 is 0 Å². The van der Waals surface area contributed by atoms with Crippen molar-refractivity contribution >= 4 is 15.8 Å². The summed E-state index contributed by atoms with van der Waals surface area (Å²) in [7, 11) is -0.588. The van der Waals surface area contributed by atoms with Crippen molar-refractivity contribution < 1.29 is 13.2 Å². The molecular weight excluding hydrogens is 280 g/mol. The van der Waals surface area contributed by atoms with Crippen LogP contribution in [-0.2, 0) is 16.6 Å². The van der Waals surface area contributed by atoms with Crippen molar-refractivity contribution in [1.82, 2.24) is 14.5 Å². The summed E-state index contributed by atoms with van der Waals surface area (Å²) in [6.45, 7) is 0.233. The lowest BCUT2D eigenvalue weighted by molar-refractivity contribution is 0.414. The number of sulfonamides is 1. The van der Waals surface area contributed by atoms with E-state index < -0.39 is 10.0 Å². The molecule has 0 atom stereocenters. The Morgan fingerprint density at radius 2 is 2.00 bits per heavy atom. The molecule has 3 N–H and O–H groups in total. The molecule has 1 heterocycles. The van der Waals surface area contributed by atoms with Crippen molar-refractivity contribution in [1.29, 1.82) is 0 Å². The molecule has 0 aliphatic carbocycles. The van der Waals surface area contributed by atoms with Gasteiger partial charge in [-0.25, -0.2) is 8.42 Å². The van der Waals surface area contributed by atoms with E-state index in [9.17, 15) is 8.42 Å². The number of hydrogen-bond acceptors (Lipinski definition) is 5. The number of anilines is 1. The molecule has 108 valence electrons. The van der Waals surface area contributed by atoms with Crippen LogP contribution in [-0.4, -0.2) is 37.1 Å². The number of rotatable bonds is 5. The van der Waals surface area contributed by atoms with Gasteiger partial charge in [0, 0.05) is 13.6 Å². The minimum Gasteiger partial charge on any atom is -0.497 e. The van der Waals surface area contributed by atoms with Crippen molar-refractivity contribution in [2.24, 2.45) is 0 Å². The molecule has 0 saturated heterocycles. The number of benzene rings is 1. The second-order valence-electron chi connectivity index (χ2n) is 4.26. The van der Waals surface area contributed by atoms with Crippen LogP contribution in [0.15, 0.2) is 35.4 Å². The number of nitrogens with one attached hydrogen (secondary N) is 1. The van der Waals surface area contributed by atoms with Crippen molar-refractivity contribution in [3.63, 3.8) is 0 Å². The van der Waals surface area contributed by atoms with Crippen LogP contribution < -0.4 is 10.5 Å². The van der Waals surface area contributed by atoms with Gasteiger partial charge in [-0.15, -0.1) is 0 Å². The molecule has 0 fully saturated rings. The second-order valence-corrected chi connectivity index (χ2v) is 6.27.